The monoisotopic (exact) mass is 304 g/mol. The van der Waals surface area contributed by atoms with E-state index in [9.17, 15) is 8.78 Å². The van der Waals surface area contributed by atoms with Crippen LogP contribution in [0.5, 0.6) is 0 Å². The van der Waals surface area contributed by atoms with Crippen LogP contribution in [0, 0.1) is 17.6 Å². The maximum atomic E-state index is 13.6. The molecule has 1 aliphatic rings. The molecule has 2 nitrogen and oxygen atoms in total. The van der Waals surface area contributed by atoms with Crippen LogP contribution in [0.1, 0.15) is 19.3 Å². The van der Waals surface area contributed by atoms with Crippen LogP contribution in [0.15, 0.2) is 12.3 Å². The summed E-state index contributed by atoms with van der Waals surface area (Å²) in [5, 5.41) is 0.963. The van der Waals surface area contributed by atoms with Crippen molar-refractivity contribution in [1.82, 2.24) is 4.98 Å². The maximum Gasteiger partial charge on any atom is 0.168 e. The van der Waals surface area contributed by atoms with E-state index in [1.165, 1.54) is 6.42 Å². The number of alkyl halides is 1. The molecule has 2 rings (SSSR count). The molecule has 0 saturated carbocycles. The Kier molecular flexibility index (Phi) is 4.31. The summed E-state index contributed by atoms with van der Waals surface area (Å²) in [6.07, 6.45) is 4.37. The fourth-order valence-corrected chi connectivity index (χ4v) is 2.93. The van der Waals surface area contributed by atoms with Crippen molar-refractivity contribution in [1.29, 1.82) is 0 Å². The standard InChI is InChI=1S/C12H15BrF2N2/c13-4-3-9-2-1-5-17(8-9)12-11(15)6-10(14)7-16-12/h6-7,9H,1-5,8H2. The molecule has 1 saturated heterocycles. The minimum Gasteiger partial charge on any atom is -0.354 e. The Hall–Kier alpha value is -0.710. The molecule has 94 valence electrons. The number of piperidine rings is 1. The Morgan fingerprint density at radius 2 is 2.29 bits per heavy atom. The summed E-state index contributed by atoms with van der Waals surface area (Å²) in [6, 6.07) is 0.899. The van der Waals surface area contributed by atoms with Crippen LogP contribution in [0.2, 0.25) is 0 Å². The molecule has 1 fully saturated rings. The lowest BCUT2D eigenvalue weighted by atomic mass is 9.95. The van der Waals surface area contributed by atoms with Crippen molar-refractivity contribution in [3.05, 3.63) is 23.9 Å². The molecule has 0 spiro atoms. The van der Waals surface area contributed by atoms with E-state index in [2.05, 4.69) is 20.9 Å². The zero-order chi connectivity index (χ0) is 12.3. The molecule has 0 bridgehead atoms. The largest absolute Gasteiger partial charge is 0.354 e. The summed E-state index contributed by atoms with van der Waals surface area (Å²) in [6.45, 7) is 1.61. The average molecular weight is 305 g/mol. The van der Waals surface area contributed by atoms with E-state index in [-0.39, 0.29) is 5.82 Å². The van der Waals surface area contributed by atoms with E-state index in [1.54, 1.807) is 0 Å². The van der Waals surface area contributed by atoms with Crippen LogP contribution < -0.4 is 4.90 Å². The van der Waals surface area contributed by atoms with Gasteiger partial charge in [0.2, 0.25) is 0 Å². The molecule has 2 heterocycles. The molecule has 0 N–H and O–H groups in total. The highest BCUT2D eigenvalue weighted by atomic mass is 79.9. The average Bonchev–Trinajstić information content (AvgIpc) is 2.29. The summed E-state index contributed by atoms with van der Waals surface area (Å²) < 4.78 is 26.4. The van der Waals surface area contributed by atoms with Crippen molar-refractivity contribution in [3.63, 3.8) is 0 Å². The van der Waals surface area contributed by atoms with Crippen molar-refractivity contribution in [2.75, 3.05) is 23.3 Å². The van der Waals surface area contributed by atoms with Crippen LogP contribution in [-0.4, -0.2) is 23.4 Å². The Morgan fingerprint density at radius 3 is 3.00 bits per heavy atom. The minimum atomic E-state index is -0.625. The molecular formula is C12H15BrF2N2. The van der Waals surface area contributed by atoms with E-state index in [0.29, 0.717) is 5.92 Å². The van der Waals surface area contributed by atoms with Gasteiger partial charge in [-0.15, -0.1) is 0 Å². The third-order valence-corrected chi connectivity index (χ3v) is 3.58. The second kappa shape index (κ2) is 5.76. The van der Waals surface area contributed by atoms with Crippen molar-refractivity contribution in [2.45, 2.75) is 19.3 Å². The number of anilines is 1. The lowest BCUT2D eigenvalue weighted by molar-refractivity contribution is 0.402. The summed E-state index contributed by atoms with van der Waals surface area (Å²) in [5.41, 5.74) is 0. The SMILES string of the molecule is Fc1cnc(N2CCCC(CCBr)C2)c(F)c1. The van der Waals surface area contributed by atoms with Gasteiger partial charge in [-0.2, -0.15) is 0 Å². The van der Waals surface area contributed by atoms with Crippen molar-refractivity contribution >= 4 is 21.7 Å². The molecular weight excluding hydrogens is 290 g/mol. The lowest BCUT2D eigenvalue weighted by Gasteiger charge is -2.33. The van der Waals surface area contributed by atoms with Crippen LogP contribution in [0.3, 0.4) is 0 Å². The second-order valence-corrected chi connectivity index (χ2v) is 5.18. The van der Waals surface area contributed by atoms with E-state index < -0.39 is 11.6 Å². The Bertz CT molecular complexity index is 385. The molecule has 0 radical (unpaired) electrons. The fourth-order valence-electron chi connectivity index (χ4n) is 2.29. The predicted octanol–water partition coefficient (Wildman–Crippen LogP) is 3.36. The molecule has 1 aliphatic heterocycles. The first-order chi connectivity index (χ1) is 8.20. The van der Waals surface area contributed by atoms with Crippen molar-refractivity contribution < 1.29 is 8.78 Å². The van der Waals surface area contributed by atoms with Crippen LogP contribution in [0.25, 0.3) is 0 Å². The molecule has 1 aromatic rings. The van der Waals surface area contributed by atoms with E-state index in [0.717, 1.165) is 43.5 Å². The van der Waals surface area contributed by atoms with Gasteiger partial charge in [-0.3, -0.25) is 0 Å². The Labute approximate surface area is 108 Å². The first-order valence-corrected chi connectivity index (χ1v) is 6.95. The number of hydrogen-bond donors (Lipinski definition) is 0. The van der Waals surface area contributed by atoms with E-state index in [1.807, 2.05) is 4.90 Å². The van der Waals surface area contributed by atoms with Gasteiger partial charge in [0.15, 0.2) is 11.6 Å². The van der Waals surface area contributed by atoms with Crippen LogP contribution >= 0.6 is 15.9 Å². The first kappa shape index (κ1) is 12.7. The van der Waals surface area contributed by atoms with Crippen molar-refractivity contribution in [3.8, 4) is 0 Å². The first-order valence-electron chi connectivity index (χ1n) is 5.82. The van der Waals surface area contributed by atoms with E-state index >= 15 is 0 Å². The number of pyridine rings is 1. The van der Waals surface area contributed by atoms with Gasteiger partial charge in [-0.25, -0.2) is 13.8 Å². The van der Waals surface area contributed by atoms with Gasteiger partial charge in [0.25, 0.3) is 0 Å². The number of halogens is 3. The predicted molar refractivity (Wildman–Crippen MR) is 67.5 cm³/mol. The molecule has 17 heavy (non-hydrogen) atoms. The molecule has 1 unspecified atom stereocenters. The topological polar surface area (TPSA) is 16.1 Å². The number of aromatic nitrogens is 1. The zero-order valence-corrected chi connectivity index (χ0v) is 11.1. The highest BCUT2D eigenvalue weighted by Gasteiger charge is 2.22. The molecule has 1 atom stereocenters. The van der Waals surface area contributed by atoms with Gasteiger partial charge in [0, 0.05) is 24.5 Å². The summed E-state index contributed by atoms with van der Waals surface area (Å²) in [4.78, 5) is 5.78. The van der Waals surface area contributed by atoms with Gasteiger partial charge in [-0.1, -0.05) is 15.9 Å². The second-order valence-electron chi connectivity index (χ2n) is 4.39. The summed E-state index contributed by atoms with van der Waals surface area (Å²) >= 11 is 3.43. The summed E-state index contributed by atoms with van der Waals surface area (Å²) in [7, 11) is 0. The number of rotatable bonds is 3. The van der Waals surface area contributed by atoms with Gasteiger partial charge in [0.1, 0.15) is 5.82 Å². The molecule has 0 aromatic carbocycles. The highest BCUT2D eigenvalue weighted by molar-refractivity contribution is 9.09. The van der Waals surface area contributed by atoms with Gasteiger partial charge in [-0.05, 0) is 25.2 Å². The number of hydrogen-bond acceptors (Lipinski definition) is 2. The number of nitrogens with zero attached hydrogens (tertiary/aromatic N) is 2. The quantitative estimate of drug-likeness (QED) is 0.796. The highest BCUT2D eigenvalue weighted by Crippen LogP contribution is 2.26. The van der Waals surface area contributed by atoms with Gasteiger partial charge in [0.05, 0.1) is 6.20 Å². The Balaban J connectivity index is 2.10. The third kappa shape index (κ3) is 3.15. The maximum absolute atomic E-state index is 13.6. The summed E-state index contributed by atoms with van der Waals surface area (Å²) in [5.74, 6) is -0.343. The van der Waals surface area contributed by atoms with Crippen LogP contribution in [0.4, 0.5) is 14.6 Å². The normalized spacial score (nSPS) is 20.6. The molecule has 5 heteroatoms. The minimum absolute atomic E-state index is 0.283. The fraction of sp³-hybridized carbons (Fsp3) is 0.583. The molecule has 1 aromatic heterocycles. The lowest BCUT2D eigenvalue weighted by Crippen LogP contribution is -2.36. The third-order valence-electron chi connectivity index (χ3n) is 3.12. The smallest absolute Gasteiger partial charge is 0.168 e. The van der Waals surface area contributed by atoms with Gasteiger partial charge >= 0.3 is 0 Å². The van der Waals surface area contributed by atoms with E-state index in [4.69, 9.17) is 0 Å². The molecule has 0 aliphatic carbocycles. The Morgan fingerprint density at radius 1 is 1.47 bits per heavy atom. The van der Waals surface area contributed by atoms with Crippen molar-refractivity contribution in [2.24, 2.45) is 5.92 Å². The van der Waals surface area contributed by atoms with Crippen LogP contribution in [-0.2, 0) is 0 Å². The molecule has 0 amide bonds. The zero-order valence-electron chi connectivity index (χ0n) is 9.50. The van der Waals surface area contributed by atoms with Gasteiger partial charge < -0.3 is 4.90 Å².